The summed E-state index contributed by atoms with van der Waals surface area (Å²) in [4.78, 5) is 40.4. The minimum absolute atomic E-state index is 0.287. The van der Waals surface area contributed by atoms with E-state index in [2.05, 4.69) is 59.8 Å². The van der Waals surface area contributed by atoms with Crippen molar-refractivity contribution in [3.63, 3.8) is 0 Å². The Balaban J connectivity index is 0.000000115. The van der Waals surface area contributed by atoms with Crippen molar-refractivity contribution in [3.8, 4) is 0 Å². The van der Waals surface area contributed by atoms with Crippen LogP contribution in [0.3, 0.4) is 0 Å². The summed E-state index contributed by atoms with van der Waals surface area (Å²) < 4.78 is 1.42. The molecule has 0 aliphatic rings. The van der Waals surface area contributed by atoms with Gasteiger partial charge in [-0.3, -0.25) is 0 Å². The molecule has 6 heterocycles. The normalized spacial score (nSPS) is 10.5. The van der Waals surface area contributed by atoms with Crippen molar-refractivity contribution in [2.75, 3.05) is 11.5 Å². The van der Waals surface area contributed by atoms with Crippen LogP contribution in [0, 0.1) is 13.9 Å². The maximum absolute atomic E-state index is 5.40. The van der Waals surface area contributed by atoms with Crippen molar-refractivity contribution < 1.29 is 0 Å². The van der Waals surface area contributed by atoms with Gasteiger partial charge in [0.2, 0.25) is 11.9 Å². The molecule has 0 radical (unpaired) electrons. The lowest BCUT2D eigenvalue weighted by Gasteiger charge is -1.91. The van der Waals surface area contributed by atoms with Crippen molar-refractivity contribution in [2.45, 2.75) is 0 Å². The fourth-order valence-electron chi connectivity index (χ4n) is 2.52. The average molecular weight is 487 g/mol. The average Bonchev–Trinajstić information content (AvgIpc) is 3.49. The molecule has 0 fully saturated rings. The van der Waals surface area contributed by atoms with Crippen LogP contribution >= 0.6 is 36.7 Å². The molecule has 0 amide bonds. The number of anilines is 2. The highest BCUT2D eigenvalue weighted by atomic mass is 32.1. The smallest absolute Gasteiger partial charge is 0.200 e. The lowest BCUT2D eigenvalue weighted by molar-refractivity contribution is 1.18. The summed E-state index contributed by atoms with van der Waals surface area (Å²) >= 11 is 14.7. The van der Waals surface area contributed by atoms with Crippen LogP contribution in [-0.2, 0) is 0 Å². The monoisotopic (exact) mass is 486 g/mol. The number of nitrogens with two attached hydrogens (primary N) is 2. The largest absolute Gasteiger partial charge is 0.369 e. The number of nitrogens with one attached hydrogen (secondary N) is 6. The second-order valence-corrected chi connectivity index (χ2v) is 7.10. The van der Waals surface area contributed by atoms with Gasteiger partial charge in [-0.1, -0.05) is 36.7 Å². The SMILES string of the molecule is Nc1nc(=S)c2[nH]cnc2[nH]1.Nc1nc(=S)c2[nH]cnc2[nH]1.S=c1nc[nH]c2nc[nH]c12. The highest BCUT2D eigenvalue weighted by Crippen LogP contribution is 2.08. The first kappa shape index (κ1) is 21.2. The molecule has 6 aromatic heterocycles. The van der Waals surface area contributed by atoms with Gasteiger partial charge in [-0.15, -0.1) is 0 Å². The standard InChI is InChI=1S/2C5H5N5S.C5H4N4S/c2*6-5-9-3-2(4(11)10-5)7-1-8-3;10-5-3-4(7-1-6-3)8-2-9-5/h2*1H,(H4,6,7,8,9,10,11);1-2H,(H2,6,7,8,9,10). The van der Waals surface area contributed by atoms with Gasteiger partial charge in [0, 0.05) is 0 Å². The van der Waals surface area contributed by atoms with Crippen LogP contribution in [0.2, 0.25) is 0 Å². The molecule has 0 bridgehead atoms. The maximum atomic E-state index is 5.40. The van der Waals surface area contributed by atoms with E-state index in [4.69, 9.17) is 48.1 Å². The van der Waals surface area contributed by atoms with Crippen molar-refractivity contribution in [3.05, 3.63) is 39.2 Å². The van der Waals surface area contributed by atoms with Gasteiger partial charge in [0.05, 0.1) is 25.3 Å². The highest BCUT2D eigenvalue weighted by Gasteiger charge is 1.99. The quantitative estimate of drug-likeness (QED) is 0.145. The zero-order chi connectivity index (χ0) is 22.7. The summed E-state index contributed by atoms with van der Waals surface area (Å²) in [5.41, 5.74) is 15.0. The first-order valence-electron chi connectivity index (χ1n) is 8.67. The van der Waals surface area contributed by atoms with E-state index < -0.39 is 0 Å². The number of imidazole rings is 3. The molecule has 0 unspecified atom stereocenters. The van der Waals surface area contributed by atoms with Gasteiger partial charge in [0.15, 0.2) is 30.9 Å². The molecular weight excluding hydrogens is 472 g/mol. The number of nitrogens with zero attached hydrogens (tertiary/aromatic N) is 6. The third-order valence-electron chi connectivity index (χ3n) is 3.88. The second kappa shape index (κ2) is 8.96. The van der Waals surface area contributed by atoms with Gasteiger partial charge in [-0.05, 0) is 0 Å². The lowest BCUT2D eigenvalue weighted by Crippen LogP contribution is -1.94. The minimum atomic E-state index is 0.287. The van der Waals surface area contributed by atoms with Crippen LogP contribution in [0.1, 0.15) is 0 Å². The van der Waals surface area contributed by atoms with Crippen LogP contribution in [0.4, 0.5) is 11.9 Å². The fourth-order valence-corrected chi connectivity index (χ4v) is 3.23. The van der Waals surface area contributed by atoms with Crippen molar-refractivity contribution in [2.24, 2.45) is 0 Å². The molecule has 10 N–H and O–H groups in total. The van der Waals surface area contributed by atoms with E-state index in [1.54, 1.807) is 6.33 Å². The van der Waals surface area contributed by atoms with Crippen LogP contribution in [0.15, 0.2) is 25.3 Å². The summed E-state index contributed by atoms with van der Waals surface area (Å²) in [6.45, 7) is 0. The number of fused-ring (bicyclic) bond motifs is 3. The van der Waals surface area contributed by atoms with Gasteiger partial charge in [0.25, 0.3) is 0 Å². The van der Waals surface area contributed by atoms with E-state index in [0.717, 1.165) is 11.2 Å². The Morgan fingerprint density at radius 1 is 0.531 bits per heavy atom. The number of hydrogen-bond acceptors (Lipinski definition) is 11. The van der Waals surface area contributed by atoms with E-state index >= 15 is 0 Å². The van der Waals surface area contributed by atoms with Crippen LogP contribution in [0.5, 0.6) is 0 Å². The van der Waals surface area contributed by atoms with Crippen LogP contribution < -0.4 is 11.5 Å². The minimum Gasteiger partial charge on any atom is -0.369 e. The zero-order valence-corrected chi connectivity index (χ0v) is 18.3. The van der Waals surface area contributed by atoms with Crippen LogP contribution in [-0.4, -0.2) is 59.8 Å². The number of H-pyrrole nitrogens is 6. The van der Waals surface area contributed by atoms with E-state index in [-0.39, 0.29) is 11.9 Å². The Kier molecular flexibility index (Phi) is 5.92. The molecule has 0 aliphatic heterocycles. The second-order valence-electron chi connectivity index (χ2n) is 5.94. The Hall–Kier alpha value is -4.09. The van der Waals surface area contributed by atoms with E-state index in [9.17, 15) is 0 Å². The number of aromatic nitrogens is 12. The Morgan fingerprint density at radius 2 is 0.938 bits per heavy atom. The molecule has 0 aliphatic carbocycles. The molecule has 0 saturated carbocycles. The summed E-state index contributed by atoms with van der Waals surface area (Å²) in [5, 5.41) is 0. The van der Waals surface area contributed by atoms with Gasteiger partial charge in [0.1, 0.15) is 16.6 Å². The number of aromatic amines is 6. The molecule has 17 heteroatoms. The molecule has 14 nitrogen and oxygen atoms in total. The number of hydrogen-bond donors (Lipinski definition) is 8. The Labute approximate surface area is 192 Å². The molecule has 32 heavy (non-hydrogen) atoms. The predicted molar refractivity (Wildman–Crippen MR) is 126 cm³/mol. The first-order valence-corrected chi connectivity index (χ1v) is 9.89. The van der Waals surface area contributed by atoms with E-state index in [1.165, 1.54) is 19.0 Å². The number of rotatable bonds is 0. The fraction of sp³-hybridized carbons (Fsp3) is 0. The van der Waals surface area contributed by atoms with E-state index in [0.29, 0.717) is 36.2 Å². The predicted octanol–water partition coefficient (Wildman–Crippen LogP) is 2.21. The van der Waals surface area contributed by atoms with Gasteiger partial charge in [-0.2, -0.15) is 0 Å². The molecule has 0 spiro atoms. The third-order valence-corrected chi connectivity index (χ3v) is 4.78. The molecule has 6 aromatic rings. The summed E-state index contributed by atoms with van der Waals surface area (Å²) in [5.74, 6) is 0.573. The van der Waals surface area contributed by atoms with Gasteiger partial charge < -0.3 is 41.4 Å². The molecule has 162 valence electrons. The first-order chi connectivity index (χ1) is 15.4. The Bertz CT molecular complexity index is 1600. The summed E-state index contributed by atoms with van der Waals surface area (Å²) in [7, 11) is 0. The van der Waals surface area contributed by atoms with Crippen molar-refractivity contribution >= 4 is 82.0 Å². The molecule has 0 saturated heterocycles. The highest BCUT2D eigenvalue weighted by molar-refractivity contribution is 7.72. The topological polar surface area (TPSA) is 224 Å². The molecular formula is C15H14N14S3. The van der Waals surface area contributed by atoms with Gasteiger partial charge in [-0.25, -0.2) is 29.9 Å². The van der Waals surface area contributed by atoms with Gasteiger partial charge >= 0.3 is 0 Å². The third kappa shape index (κ3) is 4.48. The summed E-state index contributed by atoms with van der Waals surface area (Å²) in [6, 6.07) is 0. The summed E-state index contributed by atoms with van der Waals surface area (Å²) in [6.07, 6.45) is 6.19. The van der Waals surface area contributed by atoms with Crippen LogP contribution in [0.25, 0.3) is 33.5 Å². The lowest BCUT2D eigenvalue weighted by atomic mass is 10.6. The molecule has 0 aromatic carbocycles. The molecule has 0 atom stereocenters. The zero-order valence-electron chi connectivity index (χ0n) is 15.9. The molecule has 6 rings (SSSR count). The Morgan fingerprint density at radius 3 is 1.41 bits per heavy atom. The van der Waals surface area contributed by atoms with Crippen molar-refractivity contribution in [1.82, 2.24) is 59.8 Å². The van der Waals surface area contributed by atoms with E-state index in [1.807, 2.05) is 0 Å². The number of nitrogen functional groups attached to an aromatic ring is 2. The van der Waals surface area contributed by atoms with Crippen molar-refractivity contribution in [1.29, 1.82) is 0 Å². The maximum Gasteiger partial charge on any atom is 0.200 e.